The summed E-state index contributed by atoms with van der Waals surface area (Å²) in [5, 5.41) is 2.78. The first-order chi connectivity index (χ1) is 14.4. The van der Waals surface area contributed by atoms with Gasteiger partial charge in [-0.05, 0) is 24.6 Å². The van der Waals surface area contributed by atoms with Crippen LogP contribution in [-0.4, -0.2) is 44.7 Å². The molecule has 0 saturated carbocycles. The molecular formula is C20H19N7O3. The molecule has 3 N–H and O–H groups in total. The number of anilines is 1. The first-order valence-electron chi connectivity index (χ1n) is 9.11. The predicted molar refractivity (Wildman–Crippen MR) is 108 cm³/mol. The first-order valence-corrected chi connectivity index (χ1v) is 9.11. The van der Waals surface area contributed by atoms with Gasteiger partial charge in [-0.25, -0.2) is 19.9 Å². The molecule has 0 aliphatic carbocycles. The largest absolute Gasteiger partial charge is 0.443 e. The van der Waals surface area contributed by atoms with Crippen LogP contribution in [0.1, 0.15) is 29.4 Å². The lowest BCUT2D eigenvalue weighted by atomic mass is 9.87. The number of aromatic nitrogens is 3. The molecule has 4 rings (SSSR count). The lowest BCUT2D eigenvalue weighted by molar-refractivity contribution is -0.128. The fourth-order valence-electron chi connectivity index (χ4n) is 3.11. The average molecular weight is 405 g/mol. The fraction of sp³-hybridized carbons (Fsp3) is 0.200. The maximum Gasteiger partial charge on any atom is 0.275 e. The Balaban J connectivity index is 1.53. The van der Waals surface area contributed by atoms with Crippen molar-refractivity contribution in [3.63, 3.8) is 0 Å². The molecule has 1 aromatic carbocycles. The van der Waals surface area contributed by atoms with E-state index in [0.29, 0.717) is 17.3 Å². The number of carbonyl (C=O) groups is 2. The summed E-state index contributed by atoms with van der Waals surface area (Å²) in [5.41, 5.74) is 6.93. The summed E-state index contributed by atoms with van der Waals surface area (Å²) < 4.78 is 5.16. The SMILES string of the molecule is CN1C(=O)CC(C)(c2cccc(NC(=O)c3cnc(-c4ncco4)cn3)c2)N=C1N. The molecule has 2 amide bonds. The molecule has 3 heterocycles. The minimum Gasteiger partial charge on any atom is -0.443 e. The number of oxazole rings is 1. The highest BCUT2D eigenvalue weighted by atomic mass is 16.3. The van der Waals surface area contributed by atoms with Crippen molar-refractivity contribution in [1.29, 1.82) is 0 Å². The summed E-state index contributed by atoms with van der Waals surface area (Å²) in [7, 11) is 1.59. The van der Waals surface area contributed by atoms with E-state index in [9.17, 15) is 9.59 Å². The minimum atomic E-state index is -0.814. The molecule has 1 unspecified atom stereocenters. The number of guanidine groups is 1. The van der Waals surface area contributed by atoms with Gasteiger partial charge in [-0.1, -0.05) is 12.1 Å². The van der Waals surface area contributed by atoms with E-state index in [0.717, 1.165) is 5.56 Å². The van der Waals surface area contributed by atoms with Crippen LogP contribution >= 0.6 is 0 Å². The summed E-state index contributed by atoms with van der Waals surface area (Å²) in [6.07, 6.45) is 5.87. The van der Waals surface area contributed by atoms with Crippen LogP contribution in [0.2, 0.25) is 0 Å². The van der Waals surface area contributed by atoms with Crippen LogP contribution in [0, 0.1) is 0 Å². The average Bonchev–Trinajstić information content (AvgIpc) is 3.27. The Morgan fingerprint density at radius 2 is 2.10 bits per heavy atom. The molecule has 30 heavy (non-hydrogen) atoms. The molecule has 1 aliphatic heterocycles. The van der Waals surface area contributed by atoms with Gasteiger partial charge in [0.05, 0.1) is 30.6 Å². The van der Waals surface area contributed by atoms with Crippen LogP contribution in [0.15, 0.2) is 58.5 Å². The van der Waals surface area contributed by atoms with Crippen LogP contribution in [0.25, 0.3) is 11.6 Å². The molecule has 0 spiro atoms. The molecule has 1 aliphatic rings. The van der Waals surface area contributed by atoms with E-state index in [2.05, 4.69) is 25.3 Å². The summed E-state index contributed by atoms with van der Waals surface area (Å²) in [4.78, 5) is 42.9. The van der Waals surface area contributed by atoms with E-state index in [-0.39, 0.29) is 24.0 Å². The van der Waals surface area contributed by atoms with Gasteiger partial charge < -0.3 is 15.5 Å². The van der Waals surface area contributed by atoms with Gasteiger partial charge in [-0.2, -0.15) is 0 Å². The van der Waals surface area contributed by atoms with Crippen LogP contribution in [0.4, 0.5) is 5.69 Å². The van der Waals surface area contributed by atoms with Crippen LogP contribution in [-0.2, 0) is 10.3 Å². The summed E-state index contributed by atoms with van der Waals surface area (Å²) >= 11 is 0. The number of hydrogen-bond acceptors (Lipinski definition) is 8. The van der Waals surface area contributed by atoms with Gasteiger partial charge in [-0.15, -0.1) is 0 Å². The topological polar surface area (TPSA) is 140 Å². The normalized spacial score (nSPS) is 18.8. The number of aliphatic imine (C=N–C) groups is 1. The highest BCUT2D eigenvalue weighted by Crippen LogP contribution is 2.34. The Kier molecular flexibility index (Phi) is 4.74. The molecule has 2 aromatic heterocycles. The van der Waals surface area contributed by atoms with Gasteiger partial charge >= 0.3 is 0 Å². The molecule has 0 fully saturated rings. The van der Waals surface area contributed by atoms with Gasteiger partial charge in [-0.3, -0.25) is 14.5 Å². The molecule has 10 heteroatoms. The van der Waals surface area contributed by atoms with Gasteiger partial charge in [0.1, 0.15) is 17.7 Å². The van der Waals surface area contributed by atoms with E-state index < -0.39 is 11.4 Å². The number of hydrogen-bond donors (Lipinski definition) is 2. The van der Waals surface area contributed by atoms with Crippen LogP contribution < -0.4 is 11.1 Å². The number of nitrogens with zero attached hydrogens (tertiary/aromatic N) is 5. The zero-order valence-corrected chi connectivity index (χ0v) is 16.4. The Morgan fingerprint density at radius 3 is 2.77 bits per heavy atom. The standard InChI is InChI=1S/C20H19N7O3/c1-20(9-16(28)27(2)19(21)26-20)12-4-3-5-13(8-12)25-17(29)14-10-24-15(11-23-14)18-22-6-7-30-18/h3-8,10-11H,9H2,1-2H3,(H2,21,26)(H,25,29). The van der Waals surface area contributed by atoms with Crippen molar-refractivity contribution in [2.75, 3.05) is 12.4 Å². The molecular weight excluding hydrogens is 386 g/mol. The minimum absolute atomic E-state index is 0.124. The second kappa shape index (κ2) is 7.39. The smallest absolute Gasteiger partial charge is 0.275 e. The molecule has 0 bridgehead atoms. The Hall–Kier alpha value is -4.08. The number of nitrogens with one attached hydrogen (secondary N) is 1. The summed E-state index contributed by atoms with van der Waals surface area (Å²) in [6.45, 7) is 1.83. The maximum atomic E-state index is 12.6. The zero-order chi connectivity index (χ0) is 21.3. The monoisotopic (exact) mass is 405 g/mol. The molecule has 1 atom stereocenters. The highest BCUT2D eigenvalue weighted by Gasteiger charge is 2.36. The van der Waals surface area contributed by atoms with Crippen molar-refractivity contribution >= 4 is 23.5 Å². The fourth-order valence-corrected chi connectivity index (χ4v) is 3.11. The Morgan fingerprint density at radius 1 is 1.27 bits per heavy atom. The number of rotatable bonds is 4. The van der Waals surface area contributed by atoms with Crippen molar-refractivity contribution in [3.8, 4) is 11.6 Å². The lowest BCUT2D eigenvalue weighted by Crippen LogP contribution is -2.47. The second-order valence-corrected chi connectivity index (χ2v) is 7.03. The highest BCUT2D eigenvalue weighted by molar-refractivity contribution is 6.03. The molecule has 152 valence electrons. The van der Waals surface area contributed by atoms with Crippen LogP contribution in [0.3, 0.4) is 0 Å². The quantitative estimate of drug-likeness (QED) is 0.674. The van der Waals surface area contributed by atoms with E-state index in [4.69, 9.17) is 10.2 Å². The van der Waals surface area contributed by atoms with Gasteiger partial charge in [0.2, 0.25) is 11.8 Å². The molecule has 0 saturated heterocycles. The van der Waals surface area contributed by atoms with Crippen molar-refractivity contribution < 1.29 is 14.0 Å². The second-order valence-electron chi connectivity index (χ2n) is 7.03. The van der Waals surface area contributed by atoms with E-state index >= 15 is 0 Å². The van der Waals surface area contributed by atoms with Gasteiger partial charge in [0, 0.05) is 12.7 Å². The maximum absolute atomic E-state index is 12.6. The van der Waals surface area contributed by atoms with E-state index in [1.165, 1.54) is 29.8 Å². The number of amides is 2. The summed E-state index contributed by atoms with van der Waals surface area (Å²) in [6, 6.07) is 7.13. The van der Waals surface area contributed by atoms with E-state index in [1.54, 1.807) is 25.2 Å². The van der Waals surface area contributed by atoms with Crippen LogP contribution in [0.5, 0.6) is 0 Å². The van der Waals surface area contributed by atoms with Gasteiger partial charge in [0.25, 0.3) is 5.91 Å². The zero-order valence-electron chi connectivity index (χ0n) is 16.4. The van der Waals surface area contributed by atoms with Crippen molar-refractivity contribution in [2.45, 2.75) is 18.9 Å². The summed E-state index contributed by atoms with van der Waals surface area (Å²) in [5.74, 6) is -0.0698. The Labute approximate surface area is 171 Å². The van der Waals surface area contributed by atoms with Gasteiger partial charge in [0.15, 0.2) is 5.96 Å². The third-order valence-corrected chi connectivity index (χ3v) is 4.85. The number of nitrogens with two attached hydrogens (primary N) is 1. The Bertz CT molecular complexity index is 1130. The lowest BCUT2D eigenvalue weighted by Gasteiger charge is -2.33. The third kappa shape index (κ3) is 3.62. The molecule has 0 radical (unpaired) electrons. The molecule has 3 aromatic rings. The molecule has 10 nitrogen and oxygen atoms in total. The van der Waals surface area contributed by atoms with Crippen molar-refractivity contribution in [3.05, 3.63) is 60.4 Å². The van der Waals surface area contributed by atoms with Crippen molar-refractivity contribution in [2.24, 2.45) is 10.7 Å². The van der Waals surface area contributed by atoms with Crippen molar-refractivity contribution in [1.82, 2.24) is 19.9 Å². The first kappa shape index (κ1) is 19.2. The third-order valence-electron chi connectivity index (χ3n) is 4.85. The number of carbonyl (C=O) groups excluding carboxylic acids is 2. The van der Waals surface area contributed by atoms with E-state index in [1.807, 2.05) is 13.0 Å². The number of benzene rings is 1. The predicted octanol–water partition coefficient (Wildman–Crippen LogP) is 1.78.